The smallest absolute Gasteiger partial charge is 0.233 e. The SMILES string of the molecule is O=C(C1CC1(Cl)Cl)N1CCCc2cc(F)ccc21. The van der Waals surface area contributed by atoms with Gasteiger partial charge in [-0.25, -0.2) is 4.39 Å². The molecule has 1 aliphatic heterocycles. The topological polar surface area (TPSA) is 20.3 Å². The Morgan fingerprint density at radius 3 is 2.83 bits per heavy atom. The van der Waals surface area contributed by atoms with Crippen molar-refractivity contribution >= 4 is 34.8 Å². The largest absolute Gasteiger partial charge is 0.312 e. The molecule has 0 radical (unpaired) electrons. The molecule has 1 aromatic carbocycles. The highest BCUT2D eigenvalue weighted by molar-refractivity contribution is 6.52. The third-order valence-electron chi connectivity index (χ3n) is 3.55. The molecule has 2 nitrogen and oxygen atoms in total. The number of amides is 1. The van der Waals surface area contributed by atoms with Crippen LogP contribution in [0.15, 0.2) is 18.2 Å². The number of benzene rings is 1. The Balaban J connectivity index is 1.90. The van der Waals surface area contributed by atoms with Gasteiger partial charge in [-0.2, -0.15) is 0 Å². The third kappa shape index (κ3) is 1.99. The Kier molecular flexibility index (Phi) is 2.79. The van der Waals surface area contributed by atoms with Crippen LogP contribution in [0.3, 0.4) is 0 Å². The van der Waals surface area contributed by atoms with Gasteiger partial charge >= 0.3 is 0 Å². The lowest BCUT2D eigenvalue weighted by Crippen LogP contribution is -2.37. The van der Waals surface area contributed by atoms with E-state index in [-0.39, 0.29) is 17.6 Å². The molecule has 96 valence electrons. The van der Waals surface area contributed by atoms with E-state index >= 15 is 0 Å². The summed E-state index contributed by atoms with van der Waals surface area (Å²) in [4.78, 5) is 14.0. The summed E-state index contributed by atoms with van der Waals surface area (Å²) >= 11 is 11.9. The average molecular weight is 288 g/mol. The first kappa shape index (κ1) is 12.2. The highest BCUT2D eigenvalue weighted by Crippen LogP contribution is 2.54. The molecule has 0 N–H and O–H groups in total. The van der Waals surface area contributed by atoms with Gasteiger partial charge in [-0.05, 0) is 43.0 Å². The highest BCUT2D eigenvalue weighted by Gasteiger charge is 2.57. The normalized spacial score (nSPS) is 24.6. The fraction of sp³-hybridized carbons (Fsp3) is 0.462. The summed E-state index contributed by atoms with van der Waals surface area (Å²) in [5.41, 5.74) is 1.67. The highest BCUT2D eigenvalue weighted by atomic mass is 35.5. The molecule has 0 spiro atoms. The average Bonchev–Trinajstić information content (AvgIpc) is 2.96. The van der Waals surface area contributed by atoms with E-state index in [1.807, 2.05) is 0 Å². The predicted octanol–water partition coefficient (Wildman–Crippen LogP) is 3.30. The van der Waals surface area contributed by atoms with Gasteiger partial charge in [-0.15, -0.1) is 23.2 Å². The number of nitrogens with zero attached hydrogens (tertiary/aromatic N) is 1. The third-order valence-corrected chi connectivity index (χ3v) is 4.39. The number of rotatable bonds is 1. The van der Waals surface area contributed by atoms with Crippen LogP contribution in [0.25, 0.3) is 0 Å². The first-order valence-corrected chi connectivity index (χ1v) is 6.72. The van der Waals surface area contributed by atoms with Gasteiger partial charge in [0.25, 0.3) is 0 Å². The van der Waals surface area contributed by atoms with E-state index in [4.69, 9.17) is 23.2 Å². The fourth-order valence-corrected chi connectivity index (χ4v) is 2.96. The number of hydrogen-bond donors (Lipinski definition) is 0. The minimum Gasteiger partial charge on any atom is -0.312 e. The molecule has 1 aliphatic carbocycles. The molecule has 2 aliphatic rings. The lowest BCUT2D eigenvalue weighted by atomic mass is 10.0. The molecule has 1 unspecified atom stereocenters. The fourth-order valence-electron chi connectivity index (χ4n) is 2.46. The zero-order valence-electron chi connectivity index (χ0n) is 9.63. The zero-order valence-corrected chi connectivity index (χ0v) is 11.1. The molecule has 1 aromatic rings. The molecule has 1 atom stereocenters. The van der Waals surface area contributed by atoms with Crippen LogP contribution in [0.1, 0.15) is 18.4 Å². The minimum atomic E-state index is -0.908. The molecule has 1 saturated carbocycles. The van der Waals surface area contributed by atoms with Gasteiger partial charge in [-0.3, -0.25) is 4.79 Å². The number of carbonyl (C=O) groups excluding carboxylic acids is 1. The first-order valence-electron chi connectivity index (χ1n) is 5.97. The Morgan fingerprint density at radius 1 is 1.44 bits per heavy atom. The summed E-state index contributed by atoms with van der Waals surface area (Å²) in [5.74, 6) is -0.636. The van der Waals surface area contributed by atoms with E-state index in [9.17, 15) is 9.18 Å². The molecule has 3 rings (SSSR count). The van der Waals surface area contributed by atoms with Crippen molar-refractivity contribution in [3.63, 3.8) is 0 Å². The Hall–Kier alpha value is -0.800. The number of alkyl halides is 2. The summed E-state index contributed by atoms with van der Waals surface area (Å²) in [7, 11) is 0. The lowest BCUT2D eigenvalue weighted by Gasteiger charge is -2.29. The number of carbonyl (C=O) groups is 1. The van der Waals surface area contributed by atoms with Crippen LogP contribution in [-0.2, 0) is 11.2 Å². The molecule has 5 heteroatoms. The van der Waals surface area contributed by atoms with E-state index in [0.29, 0.717) is 13.0 Å². The van der Waals surface area contributed by atoms with Crippen molar-refractivity contribution in [2.24, 2.45) is 5.92 Å². The Labute approximate surface area is 115 Å². The standard InChI is InChI=1S/C13H12Cl2FNO/c14-13(15)7-10(13)12(18)17-5-1-2-8-6-9(16)3-4-11(8)17/h3-4,6,10H,1-2,5,7H2. The number of anilines is 1. The van der Waals surface area contributed by atoms with E-state index in [1.165, 1.54) is 12.1 Å². The van der Waals surface area contributed by atoms with Crippen LogP contribution < -0.4 is 4.90 Å². The maximum absolute atomic E-state index is 13.2. The minimum absolute atomic E-state index is 0.0486. The molecule has 0 aromatic heterocycles. The number of hydrogen-bond acceptors (Lipinski definition) is 1. The molecule has 1 fully saturated rings. The van der Waals surface area contributed by atoms with Gasteiger partial charge in [0, 0.05) is 12.2 Å². The molecule has 18 heavy (non-hydrogen) atoms. The van der Waals surface area contributed by atoms with Gasteiger partial charge < -0.3 is 4.90 Å². The Morgan fingerprint density at radius 2 is 2.17 bits per heavy atom. The quantitative estimate of drug-likeness (QED) is 0.726. The van der Waals surface area contributed by atoms with Crippen LogP contribution in [0, 0.1) is 11.7 Å². The molecule has 0 saturated heterocycles. The van der Waals surface area contributed by atoms with Crippen LogP contribution in [0.5, 0.6) is 0 Å². The van der Waals surface area contributed by atoms with Crippen molar-refractivity contribution in [1.82, 2.24) is 0 Å². The van der Waals surface area contributed by atoms with Gasteiger partial charge in [-0.1, -0.05) is 0 Å². The Bertz CT molecular complexity index is 518. The summed E-state index contributed by atoms with van der Waals surface area (Å²) < 4.78 is 12.3. The number of fused-ring (bicyclic) bond motifs is 1. The van der Waals surface area contributed by atoms with E-state index < -0.39 is 4.33 Å². The maximum atomic E-state index is 13.2. The number of halogens is 3. The van der Waals surface area contributed by atoms with Crippen molar-refractivity contribution in [1.29, 1.82) is 0 Å². The second-order valence-corrected chi connectivity index (χ2v) is 6.43. The summed E-state index contributed by atoms with van der Waals surface area (Å²) in [6.45, 7) is 0.651. The molecule has 1 heterocycles. The van der Waals surface area contributed by atoms with Gasteiger partial charge in [0.05, 0.1) is 5.92 Å². The van der Waals surface area contributed by atoms with Crippen LogP contribution >= 0.6 is 23.2 Å². The van der Waals surface area contributed by atoms with E-state index in [1.54, 1.807) is 11.0 Å². The van der Waals surface area contributed by atoms with Gasteiger partial charge in [0.1, 0.15) is 10.2 Å². The first-order chi connectivity index (χ1) is 8.49. The predicted molar refractivity (Wildman–Crippen MR) is 69.6 cm³/mol. The lowest BCUT2D eigenvalue weighted by molar-refractivity contribution is -0.119. The van der Waals surface area contributed by atoms with Gasteiger partial charge in [0.2, 0.25) is 5.91 Å². The zero-order chi connectivity index (χ0) is 12.9. The molecular weight excluding hydrogens is 276 g/mol. The van der Waals surface area contributed by atoms with Crippen LogP contribution in [0.2, 0.25) is 0 Å². The second kappa shape index (κ2) is 4.10. The maximum Gasteiger partial charge on any atom is 0.233 e. The summed E-state index contributed by atoms with van der Waals surface area (Å²) in [5, 5.41) is 0. The van der Waals surface area contributed by atoms with E-state index in [0.717, 1.165) is 24.1 Å². The molecule has 1 amide bonds. The monoisotopic (exact) mass is 287 g/mol. The van der Waals surface area contributed by atoms with Crippen molar-refractivity contribution in [3.8, 4) is 0 Å². The molecule has 0 bridgehead atoms. The van der Waals surface area contributed by atoms with Crippen molar-refractivity contribution in [2.45, 2.75) is 23.6 Å². The number of aryl methyl sites for hydroxylation is 1. The van der Waals surface area contributed by atoms with Crippen molar-refractivity contribution < 1.29 is 9.18 Å². The van der Waals surface area contributed by atoms with Crippen molar-refractivity contribution in [3.05, 3.63) is 29.6 Å². The van der Waals surface area contributed by atoms with Gasteiger partial charge in [0.15, 0.2) is 0 Å². The van der Waals surface area contributed by atoms with E-state index in [2.05, 4.69) is 0 Å². The van der Waals surface area contributed by atoms with Crippen LogP contribution in [0.4, 0.5) is 10.1 Å². The van der Waals surface area contributed by atoms with Crippen LogP contribution in [-0.4, -0.2) is 16.8 Å². The summed E-state index contributed by atoms with van der Waals surface area (Å²) in [6, 6.07) is 4.54. The summed E-state index contributed by atoms with van der Waals surface area (Å²) in [6.07, 6.45) is 2.14. The molecular formula is C13H12Cl2FNO. The van der Waals surface area contributed by atoms with Crippen molar-refractivity contribution in [2.75, 3.05) is 11.4 Å². The second-order valence-electron chi connectivity index (χ2n) is 4.88.